The van der Waals surface area contributed by atoms with E-state index in [-0.39, 0.29) is 16.2 Å². The van der Waals surface area contributed by atoms with E-state index in [1.165, 1.54) is 69.5 Å². The minimum Gasteiger partial charge on any atom is -0.494 e. The minimum absolute atomic E-state index is 0.0497. The van der Waals surface area contributed by atoms with Gasteiger partial charge in [0.1, 0.15) is 11.4 Å². The van der Waals surface area contributed by atoms with Gasteiger partial charge in [-0.15, -0.1) is 0 Å². The molecule has 0 radical (unpaired) electrons. The van der Waals surface area contributed by atoms with Crippen molar-refractivity contribution < 1.29 is 13.2 Å². The summed E-state index contributed by atoms with van der Waals surface area (Å²) in [6, 6.07) is 20.2. The van der Waals surface area contributed by atoms with E-state index in [0.29, 0.717) is 28.0 Å². The SMILES string of the molecule is COc1cc(S(=O)(=O)Nc2ccccc2C)ccc1N=Cc1c(C)[nH]n(-c2ccc(C34CC5CC(CC(C5)C3)C4)cc2)c1=O. The summed E-state index contributed by atoms with van der Waals surface area (Å²) in [6.45, 7) is 3.68. The zero-order chi connectivity index (χ0) is 30.6. The second-order valence-corrected chi connectivity index (χ2v) is 14.7. The topological polar surface area (TPSA) is 106 Å². The summed E-state index contributed by atoms with van der Waals surface area (Å²) in [5.41, 5.74) is 5.17. The van der Waals surface area contributed by atoms with Crippen LogP contribution in [0.15, 0.2) is 81.4 Å². The van der Waals surface area contributed by atoms with Crippen LogP contribution < -0.4 is 15.0 Å². The normalized spacial score (nSPS) is 24.2. The van der Waals surface area contributed by atoms with Gasteiger partial charge in [-0.25, -0.2) is 13.1 Å². The highest BCUT2D eigenvalue weighted by Crippen LogP contribution is 2.60. The van der Waals surface area contributed by atoms with E-state index in [4.69, 9.17) is 4.74 Å². The molecule has 4 saturated carbocycles. The number of aromatic amines is 1. The number of hydrogen-bond donors (Lipinski definition) is 2. The molecule has 2 N–H and O–H groups in total. The van der Waals surface area contributed by atoms with Gasteiger partial charge in [0.25, 0.3) is 15.6 Å². The molecule has 0 saturated heterocycles. The molecule has 228 valence electrons. The highest BCUT2D eigenvalue weighted by atomic mass is 32.2. The van der Waals surface area contributed by atoms with Crippen LogP contribution in [0.5, 0.6) is 5.75 Å². The van der Waals surface area contributed by atoms with E-state index < -0.39 is 10.0 Å². The monoisotopic (exact) mass is 610 g/mol. The van der Waals surface area contributed by atoms with Gasteiger partial charge < -0.3 is 4.74 Å². The van der Waals surface area contributed by atoms with Crippen LogP contribution in [0.1, 0.15) is 60.9 Å². The Balaban J connectivity index is 1.12. The van der Waals surface area contributed by atoms with Gasteiger partial charge in [0.2, 0.25) is 0 Å². The van der Waals surface area contributed by atoms with Crippen LogP contribution in [0.2, 0.25) is 0 Å². The lowest BCUT2D eigenvalue weighted by Crippen LogP contribution is -2.48. The fourth-order valence-corrected chi connectivity index (χ4v) is 9.42. The maximum Gasteiger partial charge on any atom is 0.280 e. The Labute approximate surface area is 258 Å². The van der Waals surface area contributed by atoms with Crippen LogP contribution in [-0.4, -0.2) is 31.5 Å². The fourth-order valence-electron chi connectivity index (χ4n) is 8.28. The van der Waals surface area contributed by atoms with Gasteiger partial charge in [0.15, 0.2) is 0 Å². The Hall–Kier alpha value is -4.11. The first-order valence-electron chi connectivity index (χ1n) is 15.4. The molecule has 1 heterocycles. The second-order valence-electron chi connectivity index (χ2n) is 13.0. The van der Waals surface area contributed by atoms with Crippen molar-refractivity contribution in [2.45, 2.75) is 62.7 Å². The van der Waals surface area contributed by atoms with Crippen molar-refractivity contribution in [2.75, 3.05) is 11.8 Å². The molecule has 0 spiro atoms. The third-order valence-electron chi connectivity index (χ3n) is 10.1. The van der Waals surface area contributed by atoms with Crippen LogP contribution in [0.4, 0.5) is 11.4 Å². The Morgan fingerprint density at radius 2 is 1.61 bits per heavy atom. The number of para-hydroxylation sites is 1. The molecule has 4 aromatic rings. The molecule has 0 aliphatic heterocycles. The number of hydrogen-bond acceptors (Lipinski definition) is 5. The van der Waals surface area contributed by atoms with Gasteiger partial charge in [-0.1, -0.05) is 30.3 Å². The average Bonchev–Trinajstić information content (AvgIpc) is 3.29. The van der Waals surface area contributed by atoms with Gasteiger partial charge in [-0.3, -0.25) is 19.6 Å². The zero-order valence-electron chi connectivity index (χ0n) is 25.3. The fraction of sp³-hybridized carbons (Fsp3) is 0.371. The van der Waals surface area contributed by atoms with Crippen molar-refractivity contribution in [1.82, 2.24) is 9.78 Å². The number of ether oxygens (including phenoxy) is 1. The van der Waals surface area contributed by atoms with E-state index in [9.17, 15) is 13.2 Å². The Morgan fingerprint density at radius 1 is 0.955 bits per heavy atom. The molecule has 1 aromatic heterocycles. The summed E-state index contributed by atoms with van der Waals surface area (Å²) in [6.07, 6.45) is 9.67. The van der Waals surface area contributed by atoms with Gasteiger partial charge in [-0.2, -0.15) is 0 Å². The lowest BCUT2D eigenvalue weighted by Gasteiger charge is -2.57. The molecule has 4 aliphatic rings. The first-order chi connectivity index (χ1) is 21.1. The average molecular weight is 611 g/mol. The number of sulfonamides is 1. The van der Waals surface area contributed by atoms with Crippen LogP contribution >= 0.6 is 0 Å². The van der Waals surface area contributed by atoms with E-state index in [1.807, 2.05) is 26.0 Å². The zero-order valence-corrected chi connectivity index (χ0v) is 26.2. The quantitative estimate of drug-likeness (QED) is 0.214. The predicted octanol–water partition coefficient (Wildman–Crippen LogP) is 6.81. The van der Waals surface area contributed by atoms with Crippen LogP contribution in [-0.2, 0) is 15.4 Å². The summed E-state index contributed by atoms with van der Waals surface area (Å²) in [5.74, 6) is 2.92. The molecular weight excluding hydrogens is 572 g/mol. The number of aromatic nitrogens is 2. The lowest BCUT2D eigenvalue weighted by atomic mass is 9.48. The van der Waals surface area contributed by atoms with Crippen molar-refractivity contribution in [3.63, 3.8) is 0 Å². The Kier molecular flexibility index (Phi) is 7.03. The van der Waals surface area contributed by atoms with Crippen molar-refractivity contribution in [1.29, 1.82) is 0 Å². The Morgan fingerprint density at radius 3 is 2.25 bits per heavy atom. The molecule has 0 amide bonds. The van der Waals surface area contributed by atoms with Crippen molar-refractivity contribution >= 4 is 27.6 Å². The van der Waals surface area contributed by atoms with Gasteiger partial charge in [0, 0.05) is 18.0 Å². The standard InChI is InChI=1S/C35H38N4O4S/c1-22-6-4-5-7-31(22)38-44(41,42)29-12-13-32(33(17-29)43-3)36-21-30-23(2)37-39(34(30)40)28-10-8-27(9-11-28)35-18-24-14-25(19-35)16-26(15-24)20-35/h4-13,17,21,24-26,37-38H,14-16,18-20H2,1-3H3. The molecule has 4 aliphatic carbocycles. The minimum atomic E-state index is -3.85. The number of aliphatic imine (C=N–C) groups is 1. The number of anilines is 1. The third kappa shape index (κ3) is 5.07. The highest BCUT2D eigenvalue weighted by Gasteiger charge is 2.51. The maximum absolute atomic E-state index is 13.5. The number of nitrogens with zero attached hydrogens (tertiary/aromatic N) is 2. The lowest BCUT2D eigenvalue weighted by molar-refractivity contribution is -0.00518. The summed E-state index contributed by atoms with van der Waals surface area (Å²) >= 11 is 0. The van der Waals surface area contributed by atoms with Gasteiger partial charge >= 0.3 is 0 Å². The number of benzene rings is 3. The van der Waals surface area contributed by atoms with Crippen molar-refractivity contribution in [2.24, 2.45) is 22.7 Å². The number of nitrogens with one attached hydrogen (secondary N) is 2. The maximum atomic E-state index is 13.5. The van der Waals surface area contributed by atoms with Gasteiger partial charge in [-0.05, 0) is 117 Å². The molecule has 0 unspecified atom stereocenters. The number of H-pyrrole nitrogens is 1. The van der Waals surface area contributed by atoms with E-state index >= 15 is 0 Å². The summed E-state index contributed by atoms with van der Waals surface area (Å²) < 4.78 is 35.8. The first-order valence-corrected chi connectivity index (χ1v) is 16.9. The van der Waals surface area contributed by atoms with Crippen molar-refractivity contribution in [3.8, 4) is 11.4 Å². The van der Waals surface area contributed by atoms with E-state index in [2.05, 4.69) is 39.1 Å². The summed E-state index contributed by atoms with van der Waals surface area (Å²) in [4.78, 5) is 18.0. The van der Waals surface area contributed by atoms with Gasteiger partial charge in [0.05, 0.1) is 28.9 Å². The first kappa shape index (κ1) is 28.6. The molecule has 3 aromatic carbocycles. The molecule has 0 atom stereocenters. The third-order valence-corrected chi connectivity index (χ3v) is 11.4. The number of methoxy groups -OCH3 is 1. The van der Waals surface area contributed by atoms with Crippen LogP contribution in [0, 0.1) is 31.6 Å². The molecule has 4 fully saturated rings. The molecule has 4 bridgehead atoms. The molecule has 9 heteroatoms. The summed E-state index contributed by atoms with van der Waals surface area (Å²) in [5, 5.41) is 3.20. The number of aryl methyl sites for hydroxylation is 2. The molecular formula is C35H38N4O4S. The smallest absolute Gasteiger partial charge is 0.280 e. The number of rotatable bonds is 8. The molecule has 44 heavy (non-hydrogen) atoms. The second kappa shape index (κ2) is 10.8. The largest absolute Gasteiger partial charge is 0.494 e. The van der Waals surface area contributed by atoms with Crippen LogP contribution in [0.3, 0.4) is 0 Å². The predicted molar refractivity (Wildman–Crippen MR) is 173 cm³/mol. The molecule has 8 nitrogen and oxygen atoms in total. The highest BCUT2D eigenvalue weighted by molar-refractivity contribution is 7.92. The van der Waals surface area contributed by atoms with E-state index in [1.54, 1.807) is 22.9 Å². The Bertz CT molecular complexity index is 1890. The molecule has 8 rings (SSSR count). The summed E-state index contributed by atoms with van der Waals surface area (Å²) in [7, 11) is -2.39. The van der Waals surface area contributed by atoms with E-state index in [0.717, 1.165) is 29.0 Å². The van der Waals surface area contributed by atoms with Crippen LogP contribution in [0.25, 0.3) is 5.69 Å². The van der Waals surface area contributed by atoms with Crippen molar-refractivity contribution in [3.05, 3.63) is 99.5 Å².